The normalized spacial score (nSPS) is 21.8. The summed E-state index contributed by atoms with van der Waals surface area (Å²) in [5.41, 5.74) is 1.80. The lowest BCUT2D eigenvalue weighted by Crippen LogP contribution is -2.45. The molecule has 0 bridgehead atoms. The van der Waals surface area contributed by atoms with Gasteiger partial charge in [0.25, 0.3) is 0 Å². The Morgan fingerprint density at radius 2 is 1.94 bits per heavy atom. The van der Waals surface area contributed by atoms with Crippen molar-refractivity contribution < 1.29 is 13.6 Å². The molecule has 2 aromatic carbocycles. The van der Waals surface area contributed by atoms with Gasteiger partial charge in [0, 0.05) is 32.2 Å². The van der Waals surface area contributed by atoms with Gasteiger partial charge in [-0.15, -0.1) is 0 Å². The molecule has 31 heavy (non-hydrogen) atoms. The maximum atomic E-state index is 14.5. The molecule has 6 heteroatoms. The van der Waals surface area contributed by atoms with Crippen LogP contribution in [0.1, 0.15) is 30.0 Å². The molecule has 0 aromatic heterocycles. The van der Waals surface area contributed by atoms with E-state index < -0.39 is 11.6 Å². The molecule has 0 saturated carbocycles. The zero-order valence-corrected chi connectivity index (χ0v) is 18.1. The third kappa shape index (κ3) is 4.79. The topological polar surface area (TPSA) is 26.8 Å². The lowest BCUT2D eigenvalue weighted by molar-refractivity contribution is 0.136. The van der Waals surface area contributed by atoms with Crippen LogP contribution < -0.4 is 0 Å². The third-order valence-electron chi connectivity index (χ3n) is 6.28. The molecule has 4 nitrogen and oxygen atoms in total. The van der Waals surface area contributed by atoms with Gasteiger partial charge in [0.15, 0.2) is 0 Å². The van der Waals surface area contributed by atoms with Crippen LogP contribution in [0.3, 0.4) is 0 Å². The summed E-state index contributed by atoms with van der Waals surface area (Å²) in [7, 11) is 3.95. The van der Waals surface area contributed by atoms with Gasteiger partial charge in [0.1, 0.15) is 11.6 Å². The number of rotatable bonds is 4. The molecule has 0 aliphatic carbocycles. The van der Waals surface area contributed by atoms with Crippen LogP contribution in [0.4, 0.5) is 13.6 Å². The molecular weight excluding hydrogens is 396 g/mol. The van der Waals surface area contributed by atoms with E-state index in [0.717, 1.165) is 43.6 Å². The van der Waals surface area contributed by atoms with Gasteiger partial charge in [0.2, 0.25) is 0 Å². The van der Waals surface area contributed by atoms with Crippen molar-refractivity contribution in [3.63, 3.8) is 0 Å². The number of hydrogen-bond acceptors (Lipinski definition) is 2. The monoisotopic (exact) mass is 425 g/mol. The molecule has 2 aromatic rings. The number of hydrogen-bond donors (Lipinski definition) is 0. The first-order valence-electron chi connectivity index (χ1n) is 10.8. The van der Waals surface area contributed by atoms with Gasteiger partial charge in [-0.05, 0) is 61.7 Å². The average molecular weight is 426 g/mol. The molecule has 4 rings (SSSR count). The highest BCUT2D eigenvalue weighted by Crippen LogP contribution is 2.36. The number of urea groups is 1. The van der Waals surface area contributed by atoms with E-state index in [1.54, 1.807) is 9.80 Å². The van der Waals surface area contributed by atoms with E-state index in [0.29, 0.717) is 18.0 Å². The summed E-state index contributed by atoms with van der Waals surface area (Å²) in [5, 5.41) is 0. The van der Waals surface area contributed by atoms with E-state index >= 15 is 0 Å². The summed E-state index contributed by atoms with van der Waals surface area (Å²) in [6.45, 7) is 3.01. The second-order valence-electron chi connectivity index (χ2n) is 8.73. The highest BCUT2D eigenvalue weighted by Gasteiger charge is 2.34. The molecule has 2 heterocycles. The van der Waals surface area contributed by atoms with Crippen LogP contribution in [-0.4, -0.2) is 61.0 Å². The van der Waals surface area contributed by atoms with Crippen LogP contribution >= 0.6 is 0 Å². The van der Waals surface area contributed by atoms with Gasteiger partial charge in [-0.1, -0.05) is 36.4 Å². The maximum Gasteiger partial charge on any atom is 0.320 e. The fraction of sp³-hybridized carbons (Fsp3) is 0.400. The Bertz CT molecular complexity index is 962. The minimum Gasteiger partial charge on any atom is -0.327 e. The van der Waals surface area contributed by atoms with Crippen LogP contribution in [0.5, 0.6) is 0 Å². The van der Waals surface area contributed by atoms with Crippen molar-refractivity contribution in [3.05, 3.63) is 77.4 Å². The second-order valence-corrected chi connectivity index (χ2v) is 8.73. The Morgan fingerprint density at radius 1 is 1.16 bits per heavy atom. The Kier molecular flexibility index (Phi) is 6.37. The number of piperidine rings is 1. The number of benzene rings is 2. The number of amides is 2. The zero-order valence-electron chi connectivity index (χ0n) is 18.1. The molecule has 164 valence electrons. The minimum atomic E-state index is -0.489. The first-order chi connectivity index (χ1) is 14.9. The lowest BCUT2D eigenvalue weighted by atomic mass is 9.98. The summed E-state index contributed by atoms with van der Waals surface area (Å²) in [5.74, 6) is -0.525. The van der Waals surface area contributed by atoms with Crippen molar-refractivity contribution in [1.82, 2.24) is 14.7 Å². The van der Waals surface area contributed by atoms with Gasteiger partial charge >= 0.3 is 6.03 Å². The van der Waals surface area contributed by atoms with Gasteiger partial charge in [-0.2, -0.15) is 0 Å². The van der Waals surface area contributed by atoms with Crippen molar-refractivity contribution in [3.8, 4) is 0 Å². The number of carbonyl (C=O) groups excluding carboxylic acids is 1. The third-order valence-corrected chi connectivity index (χ3v) is 6.28. The quantitative estimate of drug-likeness (QED) is 0.704. The van der Waals surface area contributed by atoms with Gasteiger partial charge in [-0.25, -0.2) is 13.6 Å². The van der Waals surface area contributed by atoms with Crippen molar-refractivity contribution in [1.29, 1.82) is 0 Å². The van der Waals surface area contributed by atoms with Crippen LogP contribution in [0.2, 0.25) is 0 Å². The molecule has 1 fully saturated rings. The largest absolute Gasteiger partial charge is 0.327 e. The fourth-order valence-electron chi connectivity index (χ4n) is 4.75. The molecule has 0 radical (unpaired) electrons. The van der Waals surface area contributed by atoms with Crippen molar-refractivity contribution in [2.75, 3.05) is 40.3 Å². The SMILES string of the molecule is CN1CCCC(CN(C)C(=O)N2CC(c3cc(F)ccc3F)=CC2c2ccccc2)C1. The van der Waals surface area contributed by atoms with Gasteiger partial charge < -0.3 is 14.7 Å². The van der Waals surface area contributed by atoms with E-state index in [1.807, 2.05) is 43.5 Å². The standard InChI is InChI=1S/C25H29F2N3O/c1-28-12-6-7-18(15-28)16-29(2)25(31)30-17-20(22-14-21(26)10-11-23(22)27)13-24(30)19-8-4-3-5-9-19/h3-5,8-11,13-14,18,24H,6-7,12,15-17H2,1-2H3. The predicted molar refractivity (Wildman–Crippen MR) is 118 cm³/mol. The summed E-state index contributed by atoms with van der Waals surface area (Å²) in [6.07, 6.45) is 4.14. The van der Waals surface area contributed by atoms with Crippen LogP contribution in [0.25, 0.3) is 5.57 Å². The van der Waals surface area contributed by atoms with Crippen molar-refractivity contribution in [2.45, 2.75) is 18.9 Å². The molecule has 0 spiro atoms. The molecule has 2 amide bonds. The molecule has 2 atom stereocenters. The smallest absolute Gasteiger partial charge is 0.320 e. The molecule has 2 aliphatic rings. The Labute approximate surface area is 182 Å². The number of likely N-dealkylation sites (tertiary alicyclic amines) is 1. The molecule has 2 unspecified atom stereocenters. The Morgan fingerprint density at radius 3 is 2.68 bits per heavy atom. The molecule has 0 N–H and O–H groups in total. The van der Waals surface area contributed by atoms with E-state index in [2.05, 4.69) is 11.9 Å². The van der Waals surface area contributed by atoms with Crippen LogP contribution in [0.15, 0.2) is 54.6 Å². The predicted octanol–water partition coefficient (Wildman–Crippen LogP) is 4.80. The van der Waals surface area contributed by atoms with Crippen LogP contribution in [0, 0.1) is 17.6 Å². The summed E-state index contributed by atoms with van der Waals surface area (Å²) < 4.78 is 28.3. The Hall–Kier alpha value is -2.73. The highest BCUT2D eigenvalue weighted by molar-refractivity contribution is 5.82. The van der Waals surface area contributed by atoms with Crippen molar-refractivity contribution >= 4 is 11.6 Å². The molecule has 2 aliphatic heterocycles. The zero-order chi connectivity index (χ0) is 22.0. The minimum absolute atomic E-state index is 0.0925. The van der Waals surface area contributed by atoms with E-state index in [4.69, 9.17) is 0 Å². The van der Waals surface area contributed by atoms with E-state index in [1.165, 1.54) is 6.07 Å². The fourth-order valence-corrected chi connectivity index (χ4v) is 4.75. The molecular formula is C25H29F2N3O. The number of nitrogens with zero attached hydrogens (tertiary/aromatic N) is 3. The number of halogens is 2. The first-order valence-corrected chi connectivity index (χ1v) is 10.8. The second kappa shape index (κ2) is 9.18. The van der Waals surface area contributed by atoms with Gasteiger partial charge in [0.05, 0.1) is 6.04 Å². The maximum absolute atomic E-state index is 14.5. The number of carbonyl (C=O) groups is 1. The first kappa shape index (κ1) is 21.5. The van der Waals surface area contributed by atoms with Gasteiger partial charge in [-0.3, -0.25) is 0 Å². The summed E-state index contributed by atoms with van der Waals surface area (Å²) in [4.78, 5) is 19.3. The van der Waals surface area contributed by atoms with Crippen LogP contribution in [-0.2, 0) is 0 Å². The average Bonchev–Trinajstić information content (AvgIpc) is 3.20. The van der Waals surface area contributed by atoms with E-state index in [9.17, 15) is 13.6 Å². The lowest BCUT2D eigenvalue weighted by Gasteiger charge is -2.35. The Balaban J connectivity index is 1.58. The van der Waals surface area contributed by atoms with E-state index in [-0.39, 0.29) is 24.2 Å². The summed E-state index contributed by atoms with van der Waals surface area (Å²) in [6, 6.07) is 12.7. The molecule has 1 saturated heterocycles. The summed E-state index contributed by atoms with van der Waals surface area (Å²) >= 11 is 0. The highest BCUT2D eigenvalue weighted by atomic mass is 19.1. The van der Waals surface area contributed by atoms with Crippen molar-refractivity contribution in [2.24, 2.45) is 5.92 Å².